The summed E-state index contributed by atoms with van der Waals surface area (Å²) in [5, 5.41) is 11.4. The fraction of sp³-hybridized carbons (Fsp3) is 0. The number of benzene rings is 6. The third-order valence-corrected chi connectivity index (χ3v) is 9.78. The van der Waals surface area contributed by atoms with Crippen LogP contribution in [0.1, 0.15) is 0 Å². The van der Waals surface area contributed by atoms with Gasteiger partial charge in [-0.15, -0.1) is 21.5 Å². The molecule has 0 amide bonds. The van der Waals surface area contributed by atoms with E-state index in [0.717, 1.165) is 55.7 Å². The molecule has 0 unspecified atom stereocenters. The highest BCUT2D eigenvalue weighted by Gasteiger charge is 2.19. The Balaban J connectivity index is 1.18. The fourth-order valence-electron chi connectivity index (χ4n) is 6.21. The zero-order valence-electron chi connectivity index (χ0n) is 26.2. The van der Waals surface area contributed by atoms with E-state index in [0.29, 0.717) is 17.5 Å². The van der Waals surface area contributed by atoms with Gasteiger partial charge in [-0.1, -0.05) is 133 Å². The largest absolute Gasteiger partial charge is 0.208 e. The minimum absolute atomic E-state index is 0.645. The Labute approximate surface area is 287 Å². The van der Waals surface area contributed by atoms with Gasteiger partial charge in [-0.25, -0.2) is 15.0 Å². The molecule has 230 valence electrons. The summed E-state index contributed by atoms with van der Waals surface area (Å²) in [6.07, 6.45) is 0. The van der Waals surface area contributed by atoms with Crippen molar-refractivity contribution in [3.8, 4) is 67.8 Å². The van der Waals surface area contributed by atoms with Crippen LogP contribution in [0.25, 0.3) is 88.0 Å². The van der Waals surface area contributed by atoms with E-state index >= 15 is 0 Å². The van der Waals surface area contributed by atoms with Crippen molar-refractivity contribution >= 4 is 31.5 Å². The van der Waals surface area contributed by atoms with Gasteiger partial charge in [0.15, 0.2) is 17.5 Å². The van der Waals surface area contributed by atoms with Crippen LogP contribution >= 0.6 is 11.3 Å². The molecule has 6 heteroatoms. The zero-order chi connectivity index (χ0) is 32.6. The van der Waals surface area contributed by atoms with Crippen molar-refractivity contribution < 1.29 is 0 Å². The molecule has 3 aromatic heterocycles. The number of thiophene rings is 1. The van der Waals surface area contributed by atoms with Gasteiger partial charge in [-0.05, 0) is 41.5 Å². The van der Waals surface area contributed by atoms with Crippen LogP contribution in [0.5, 0.6) is 0 Å². The Hall–Kier alpha value is -6.37. The maximum Gasteiger partial charge on any atom is 0.164 e. The molecule has 0 aliphatic rings. The molecular formula is C43H27N5S. The average molecular weight is 646 g/mol. The molecular weight excluding hydrogens is 619 g/mol. The summed E-state index contributed by atoms with van der Waals surface area (Å²) in [5.74, 6) is 1.94. The fourth-order valence-corrected chi connectivity index (χ4v) is 7.38. The van der Waals surface area contributed by atoms with Gasteiger partial charge in [0, 0.05) is 48.0 Å². The third-order valence-electron chi connectivity index (χ3n) is 8.67. The summed E-state index contributed by atoms with van der Waals surface area (Å²) in [7, 11) is 0. The van der Waals surface area contributed by atoms with E-state index < -0.39 is 0 Å². The number of hydrogen-bond donors (Lipinski definition) is 0. The lowest BCUT2D eigenvalue weighted by Gasteiger charge is -2.12. The van der Waals surface area contributed by atoms with E-state index in [1.54, 1.807) is 11.3 Å². The number of rotatable bonds is 6. The Morgan fingerprint density at radius 2 is 0.837 bits per heavy atom. The van der Waals surface area contributed by atoms with E-state index in [4.69, 9.17) is 15.0 Å². The summed E-state index contributed by atoms with van der Waals surface area (Å²) in [6.45, 7) is 0. The van der Waals surface area contributed by atoms with Gasteiger partial charge in [-0.3, -0.25) is 0 Å². The van der Waals surface area contributed by atoms with Gasteiger partial charge in [-0.2, -0.15) is 0 Å². The van der Waals surface area contributed by atoms with Gasteiger partial charge in [0.1, 0.15) is 0 Å². The van der Waals surface area contributed by atoms with Crippen molar-refractivity contribution in [2.24, 2.45) is 0 Å². The molecule has 0 atom stereocenters. The third kappa shape index (κ3) is 5.54. The van der Waals surface area contributed by atoms with E-state index in [2.05, 4.69) is 70.9 Å². The molecule has 6 aromatic carbocycles. The standard InChI is InChI=1S/C43H27N5S/c1-4-12-29(13-5-1)36-24-25-37(48-47-36)30-22-20-28(21-23-30)33-26-35(40-34-18-10-11-19-38(34)49-39(40)27-33)43-45-41(31-14-6-2-7-15-31)44-42(46-43)32-16-8-3-9-17-32/h1-27H. The van der Waals surface area contributed by atoms with Crippen LogP contribution in [0.4, 0.5) is 0 Å². The molecule has 0 saturated heterocycles. The van der Waals surface area contributed by atoms with E-state index in [1.807, 2.05) is 103 Å². The monoisotopic (exact) mass is 645 g/mol. The molecule has 9 rings (SSSR count). The summed E-state index contributed by atoms with van der Waals surface area (Å²) in [4.78, 5) is 15.2. The van der Waals surface area contributed by atoms with Crippen molar-refractivity contribution in [1.82, 2.24) is 25.1 Å². The molecule has 0 aliphatic carbocycles. The minimum atomic E-state index is 0.645. The van der Waals surface area contributed by atoms with Crippen LogP contribution in [0.15, 0.2) is 164 Å². The highest BCUT2D eigenvalue weighted by Crippen LogP contribution is 2.42. The molecule has 49 heavy (non-hydrogen) atoms. The predicted molar refractivity (Wildman–Crippen MR) is 201 cm³/mol. The Morgan fingerprint density at radius 1 is 0.347 bits per heavy atom. The van der Waals surface area contributed by atoms with E-state index in [-0.39, 0.29) is 0 Å². The van der Waals surface area contributed by atoms with Gasteiger partial charge < -0.3 is 0 Å². The smallest absolute Gasteiger partial charge is 0.164 e. The van der Waals surface area contributed by atoms with Crippen LogP contribution in [-0.4, -0.2) is 25.1 Å². The van der Waals surface area contributed by atoms with Gasteiger partial charge >= 0.3 is 0 Å². The molecule has 0 N–H and O–H groups in total. The van der Waals surface area contributed by atoms with Crippen LogP contribution in [-0.2, 0) is 0 Å². The predicted octanol–water partition coefficient (Wildman–Crippen LogP) is 11.0. The topological polar surface area (TPSA) is 64.5 Å². The van der Waals surface area contributed by atoms with Gasteiger partial charge in [0.2, 0.25) is 0 Å². The Bertz CT molecular complexity index is 2510. The van der Waals surface area contributed by atoms with Gasteiger partial charge in [0.25, 0.3) is 0 Å². The second kappa shape index (κ2) is 12.3. The summed E-state index contributed by atoms with van der Waals surface area (Å²) in [6, 6.07) is 56.0. The molecule has 0 aliphatic heterocycles. The van der Waals surface area contributed by atoms with Crippen molar-refractivity contribution in [2.75, 3.05) is 0 Å². The van der Waals surface area contributed by atoms with E-state index in [9.17, 15) is 0 Å². The molecule has 0 fully saturated rings. The molecule has 3 heterocycles. The van der Waals surface area contributed by atoms with Crippen molar-refractivity contribution in [3.63, 3.8) is 0 Å². The maximum absolute atomic E-state index is 5.12. The molecule has 0 saturated carbocycles. The zero-order valence-corrected chi connectivity index (χ0v) is 27.0. The first kappa shape index (κ1) is 28.8. The first-order valence-corrected chi connectivity index (χ1v) is 16.9. The number of hydrogen-bond acceptors (Lipinski definition) is 6. The lowest BCUT2D eigenvalue weighted by Crippen LogP contribution is -2.00. The quantitative estimate of drug-likeness (QED) is 0.180. The van der Waals surface area contributed by atoms with E-state index in [1.165, 1.54) is 14.8 Å². The lowest BCUT2D eigenvalue weighted by molar-refractivity contribution is 1.04. The summed E-state index contributed by atoms with van der Waals surface area (Å²) >= 11 is 1.79. The number of nitrogens with zero attached hydrogens (tertiary/aromatic N) is 5. The number of fused-ring (bicyclic) bond motifs is 3. The minimum Gasteiger partial charge on any atom is -0.208 e. The van der Waals surface area contributed by atoms with Gasteiger partial charge in [0.05, 0.1) is 11.4 Å². The highest BCUT2D eigenvalue weighted by atomic mass is 32.1. The maximum atomic E-state index is 5.12. The average Bonchev–Trinajstić information content (AvgIpc) is 3.57. The summed E-state index contributed by atoms with van der Waals surface area (Å²) < 4.78 is 2.41. The molecule has 0 bridgehead atoms. The van der Waals surface area contributed by atoms with Crippen molar-refractivity contribution in [2.45, 2.75) is 0 Å². The van der Waals surface area contributed by atoms with Crippen molar-refractivity contribution in [1.29, 1.82) is 0 Å². The SMILES string of the molecule is c1ccc(-c2ccc(-c3ccc(-c4cc(-c5nc(-c6ccccc6)nc(-c6ccccc6)n5)c5c(c4)sc4ccccc45)cc3)nn2)cc1. The highest BCUT2D eigenvalue weighted by molar-refractivity contribution is 7.26. The van der Waals surface area contributed by atoms with Crippen molar-refractivity contribution in [3.05, 3.63) is 164 Å². The normalized spacial score (nSPS) is 11.3. The Kier molecular flexibility index (Phi) is 7.26. The second-order valence-electron chi connectivity index (χ2n) is 11.8. The molecule has 9 aromatic rings. The van der Waals surface area contributed by atoms with Crippen LogP contribution in [0.3, 0.4) is 0 Å². The number of aromatic nitrogens is 5. The van der Waals surface area contributed by atoms with Crippen LogP contribution < -0.4 is 0 Å². The van der Waals surface area contributed by atoms with Crippen LogP contribution in [0.2, 0.25) is 0 Å². The molecule has 0 radical (unpaired) electrons. The Morgan fingerprint density at radius 3 is 1.43 bits per heavy atom. The van der Waals surface area contributed by atoms with Crippen LogP contribution in [0, 0.1) is 0 Å². The summed E-state index contributed by atoms with van der Waals surface area (Å²) in [5.41, 5.74) is 8.81. The second-order valence-corrected chi connectivity index (χ2v) is 12.9. The first-order chi connectivity index (χ1) is 24.3. The first-order valence-electron chi connectivity index (χ1n) is 16.1. The molecule has 0 spiro atoms. The lowest BCUT2D eigenvalue weighted by atomic mass is 9.97. The molecule has 5 nitrogen and oxygen atoms in total.